The highest BCUT2D eigenvalue weighted by Crippen LogP contribution is 2.30. The van der Waals surface area contributed by atoms with Gasteiger partial charge >= 0.3 is 5.97 Å². The molecule has 100 valence electrons. The SMILES string of the molecule is O=C(O)C(Nc1snc2ccccc12)c1ccccc1. The van der Waals surface area contributed by atoms with Crippen molar-refractivity contribution in [3.63, 3.8) is 0 Å². The van der Waals surface area contributed by atoms with Gasteiger partial charge in [0.1, 0.15) is 5.00 Å². The van der Waals surface area contributed by atoms with Crippen molar-refractivity contribution in [1.82, 2.24) is 4.37 Å². The number of aromatic nitrogens is 1. The van der Waals surface area contributed by atoms with Gasteiger partial charge in [0.15, 0.2) is 6.04 Å². The third-order valence-electron chi connectivity index (χ3n) is 3.04. The van der Waals surface area contributed by atoms with Gasteiger partial charge in [0.05, 0.1) is 5.52 Å². The van der Waals surface area contributed by atoms with E-state index in [1.165, 1.54) is 11.5 Å². The number of fused-ring (bicyclic) bond motifs is 1. The summed E-state index contributed by atoms with van der Waals surface area (Å²) in [5.74, 6) is -0.909. The summed E-state index contributed by atoms with van der Waals surface area (Å²) in [6.07, 6.45) is 0. The van der Waals surface area contributed by atoms with Crippen LogP contribution in [-0.2, 0) is 4.79 Å². The minimum atomic E-state index is -0.909. The Bertz CT molecular complexity index is 740. The van der Waals surface area contributed by atoms with Crippen LogP contribution in [0.1, 0.15) is 11.6 Å². The van der Waals surface area contributed by atoms with Crippen LogP contribution in [0.4, 0.5) is 5.00 Å². The van der Waals surface area contributed by atoms with E-state index in [1.807, 2.05) is 42.5 Å². The summed E-state index contributed by atoms with van der Waals surface area (Å²) in [6.45, 7) is 0. The average Bonchev–Trinajstić information content (AvgIpc) is 2.88. The number of hydrogen-bond donors (Lipinski definition) is 2. The second kappa shape index (κ2) is 5.30. The smallest absolute Gasteiger partial charge is 0.330 e. The summed E-state index contributed by atoms with van der Waals surface area (Å²) in [7, 11) is 0. The third-order valence-corrected chi connectivity index (χ3v) is 3.85. The van der Waals surface area contributed by atoms with Gasteiger partial charge in [0.25, 0.3) is 0 Å². The first-order valence-corrected chi connectivity index (χ1v) is 6.92. The van der Waals surface area contributed by atoms with Gasteiger partial charge in [-0.25, -0.2) is 4.79 Å². The Morgan fingerprint density at radius 3 is 2.55 bits per heavy atom. The second-order valence-electron chi connectivity index (χ2n) is 4.36. The lowest BCUT2D eigenvalue weighted by Crippen LogP contribution is -2.19. The van der Waals surface area contributed by atoms with Crippen molar-refractivity contribution < 1.29 is 9.90 Å². The molecule has 0 aliphatic carbocycles. The summed E-state index contributed by atoms with van der Waals surface area (Å²) >= 11 is 1.28. The highest BCUT2D eigenvalue weighted by molar-refractivity contribution is 7.11. The maximum atomic E-state index is 11.5. The van der Waals surface area contributed by atoms with E-state index in [0.717, 1.165) is 21.5 Å². The lowest BCUT2D eigenvalue weighted by molar-refractivity contribution is -0.138. The number of hydrogen-bond acceptors (Lipinski definition) is 4. The third kappa shape index (κ3) is 2.35. The number of rotatable bonds is 4. The van der Waals surface area contributed by atoms with Crippen molar-refractivity contribution in [2.75, 3.05) is 5.32 Å². The molecule has 0 saturated carbocycles. The Morgan fingerprint density at radius 1 is 1.10 bits per heavy atom. The van der Waals surface area contributed by atoms with Gasteiger partial charge in [-0.05, 0) is 29.2 Å². The summed E-state index contributed by atoms with van der Waals surface area (Å²) in [5, 5.41) is 14.2. The predicted octanol–water partition coefficient (Wildman–Crippen LogP) is 3.53. The Morgan fingerprint density at radius 2 is 1.80 bits per heavy atom. The number of benzene rings is 2. The molecule has 0 spiro atoms. The highest BCUT2D eigenvalue weighted by atomic mass is 32.1. The fourth-order valence-corrected chi connectivity index (χ4v) is 2.85. The van der Waals surface area contributed by atoms with Crippen LogP contribution in [0.5, 0.6) is 0 Å². The zero-order valence-corrected chi connectivity index (χ0v) is 11.3. The van der Waals surface area contributed by atoms with Crippen molar-refractivity contribution in [1.29, 1.82) is 0 Å². The number of carboxylic acid groups (broad SMARTS) is 1. The first-order chi connectivity index (χ1) is 9.75. The maximum Gasteiger partial charge on any atom is 0.330 e. The van der Waals surface area contributed by atoms with E-state index in [4.69, 9.17) is 0 Å². The fourth-order valence-electron chi connectivity index (χ4n) is 2.06. The van der Waals surface area contributed by atoms with E-state index in [0.29, 0.717) is 0 Å². The molecule has 0 amide bonds. The normalized spacial score (nSPS) is 12.2. The van der Waals surface area contributed by atoms with Crippen LogP contribution in [0.2, 0.25) is 0 Å². The minimum absolute atomic E-state index is 0.720. The molecule has 4 nitrogen and oxygen atoms in total. The Kier molecular flexibility index (Phi) is 3.35. The molecule has 3 rings (SSSR count). The monoisotopic (exact) mass is 284 g/mol. The molecule has 3 aromatic rings. The van der Waals surface area contributed by atoms with E-state index in [1.54, 1.807) is 12.1 Å². The van der Waals surface area contributed by atoms with E-state index in [-0.39, 0.29) is 0 Å². The van der Waals surface area contributed by atoms with Crippen molar-refractivity contribution in [3.05, 3.63) is 60.2 Å². The number of nitrogens with zero attached hydrogens (tertiary/aromatic N) is 1. The number of carboxylic acids is 1. The standard InChI is InChI=1S/C15H12N2O2S/c18-15(19)13(10-6-2-1-3-7-10)16-14-11-8-4-5-9-12(11)17-20-14/h1-9,13,16H,(H,18,19). The van der Waals surface area contributed by atoms with Gasteiger partial charge < -0.3 is 10.4 Å². The summed E-state index contributed by atoms with van der Waals surface area (Å²) in [6, 6.07) is 16.0. The lowest BCUT2D eigenvalue weighted by atomic mass is 10.1. The van der Waals surface area contributed by atoms with Crippen molar-refractivity contribution in [2.45, 2.75) is 6.04 Å². The quantitative estimate of drug-likeness (QED) is 0.769. The van der Waals surface area contributed by atoms with Crippen LogP contribution in [0.3, 0.4) is 0 Å². The molecule has 0 aliphatic rings. The number of nitrogens with one attached hydrogen (secondary N) is 1. The minimum Gasteiger partial charge on any atom is -0.479 e. The van der Waals surface area contributed by atoms with Gasteiger partial charge in [-0.15, -0.1) is 0 Å². The average molecular weight is 284 g/mol. The molecule has 1 aromatic heterocycles. The maximum absolute atomic E-state index is 11.5. The molecule has 0 fully saturated rings. The molecule has 2 aromatic carbocycles. The molecule has 0 saturated heterocycles. The molecule has 1 heterocycles. The number of aliphatic carboxylic acids is 1. The zero-order valence-electron chi connectivity index (χ0n) is 10.5. The molecule has 0 aliphatic heterocycles. The van der Waals surface area contributed by atoms with Crippen LogP contribution in [0.25, 0.3) is 10.9 Å². The molecular formula is C15H12N2O2S. The van der Waals surface area contributed by atoms with Crippen LogP contribution in [0.15, 0.2) is 54.6 Å². The first-order valence-electron chi connectivity index (χ1n) is 6.14. The van der Waals surface area contributed by atoms with Crippen LogP contribution in [0, 0.1) is 0 Å². The van der Waals surface area contributed by atoms with Gasteiger partial charge in [-0.3, -0.25) is 0 Å². The van der Waals surface area contributed by atoms with Gasteiger partial charge in [-0.2, -0.15) is 4.37 Å². The van der Waals surface area contributed by atoms with Crippen molar-refractivity contribution >= 4 is 33.4 Å². The van der Waals surface area contributed by atoms with E-state index in [9.17, 15) is 9.90 Å². The molecule has 5 heteroatoms. The molecule has 0 radical (unpaired) electrons. The molecule has 1 unspecified atom stereocenters. The Labute approximate surface area is 119 Å². The zero-order chi connectivity index (χ0) is 13.9. The molecule has 0 bridgehead atoms. The van der Waals surface area contributed by atoms with E-state index >= 15 is 0 Å². The van der Waals surface area contributed by atoms with Gasteiger partial charge in [0.2, 0.25) is 0 Å². The largest absolute Gasteiger partial charge is 0.479 e. The molecule has 20 heavy (non-hydrogen) atoms. The molecule has 2 N–H and O–H groups in total. The van der Waals surface area contributed by atoms with Gasteiger partial charge in [0, 0.05) is 5.39 Å². The van der Waals surface area contributed by atoms with Crippen LogP contribution < -0.4 is 5.32 Å². The Hall–Kier alpha value is -2.40. The second-order valence-corrected chi connectivity index (χ2v) is 5.13. The van der Waals surface area contributed by atoms with Crippen molar-refractivity contribution in [3.8, 4) is 0 Å². The van der Waals surface area contributed by atoms with Crippen molar-refractivity contribution in [2.24, 2.45) is 0 Å². The summed E-state index contributed by atoms with van der Waals surface area (Å²) in [5.41, 5.74) is 1.59. The Balaban J connectivity index is 1.97. The molecule has 1 atom stereocenters. The lowest BCUT2D eigenvalue weighted by Gasteiger charge is -2.14. The molecular weight excluding hydrogens is 272 g/mol. The number of anilines is 1. The predicted molar refractivity (Wildman–Crippen MR) is 80.1 cm³/mol. The first kappa shape index (κ1) is 12.6. The summed E-state index contributed by atoms with van der Waals surface area (Å²) < 4.78 is 4.31. The fraction of sp³-hybridized carbons (Fsp3) is 0.0667. The topological polar surface area (TPSA) is 62.2 Å². The number of carbonyl (C=O) groups is 1. The van der Waals surface area contributed by atoms with Crippen LogP contribution >= 0.6 is 11.5 Å². The van der Waals surface area contributed by atoms with Crippen LogP contribution in [-0.4, -0.2) is 15.4 Å². The van der Waals surface area contributed by atoms with Gasteiger partial charge in [-0.1, -0.05) is 42.5 Å². The van der Waals surface area contributed by atoms with E-state index < -0.39 is 12.0 Å². The van der Waals surface area contributed by atoms with E-state index in [2.05, 4.69) is 9.69 Å². The summed E-state index contributed by atoms with van der Waals surface area (Å²) in [4.78, 5) is 11.5. The highest BCUT2D eigenvalue weighted by Gasteiger charge is 2.21.